The number of rotatable bonds is 4. The maximum absolute atomic E-state index is 10.7. The van der Waals surface area contributed by atoms with E-state index in [1.165, 1.54) is 0 Å². The molecule has 8 heteroatoms. The largest absolute Gasteiger partial charge is 0.480 e. The molecule has 0 amide bonds. The molecule has 0 spiro atoms. The minimum atomic E-state index is -0.866. The molecule has 0 atom stereocenters. The lowest BCUT2D eigenvalue weighted by Crippen LogP contribution is -2.41. The lowest BCUT2D eigenvalue weighted by molar-refractivity contribution is -0.138. The molecule has 0 bridgehead atoms. The standard InChI is InChI=1S/C12H22N4O4/c17-11(18)9-15-5-1-13-2-6-16(10-12(19)20)8-4-14-3-7-15/h1,5,13-14H,2-4,6-10H2,(H,17,18)(H,19,20)/b5-1-. The Morgan fingerprint density at radius 3 is 2.35 bits per heavy atom. The molecule has 4 N–H and O–H groups in total. The van der Waals surface area contributed by atoms with E-state index in [9.17, 15) is 9.59 Å². The molecular weight excluding hydrogens is 264 g/mol. The fraction of sp³-hybridized carbons (Fsp3) is 0.667. The average molecular weight is 286 g/mol. The van der Waals surface area contributed by atoms with Crippen molar-refractivity contribution >= 4 is 11.9 Å². The summed E-state index contributed by atoms with van der Waals surface area (Å²) in [5, 5.41) is 23.8. The molecule has 0 unspecified atom stereocenters. The van der Waals surface area contributed by atoms with Crippen LogP contribution in [0, 0.1) is 0 Å². The van der Waals surface area contributed by atoms with E-state index in [-0.39, 0.29) is 13.1 Å². The second-order valence-corrected chi connectivity index (χ2v) is 4.55. The molecule has 0 aliphatic carbocycles. The molecule has 20 heavy (non-hydrogen) atoms. The number of nitrogens with zero attached hydrogens (tertiary/aromatic N) is 2. The first-order chi connectivity index (χ1) is 9.58. The number of carbonyl (C=O) groups is 2. The smallest absolute Gasteiger partial charge is 0.323 e. The zero-order valence-corrected chi connectivity index (χ0v) is 11.4. The Bertz CT molecular complexity index is 348. The zero-order chi connectivity index (χ0) is 14.8. The Balaban J connectivity index is 2.47. The van der Waals surface area contributed by atoms with E-state index in [4.69, 9.17) is 10.2 Å². The summed E-state index contributed by atoms with van der Waals surface area (Å²) >= 11 is 0. The molecule has 114 valence electrons. The van der Waals surface area contributed by atoms with E-state index in [0.717, 1.165) is 0 Å². The van der Waals surface area contributed by atoms with Crippen molar-refractivity contribution in [3.05, 3.63) is 12.4 Å². The maximum Gasteiger partial charge on any atom is 0.323 e. The summed E-state index contributed by atoms with van der Waals surface area (Å²) in [6.07, 6.45) is 3.41. The van der Waals surface area contributed by atoms with Crippen molar-refractivity contribution in [1.82, 2.24) is 20.4 Å². The van der Waals surface area contributed by atoms with E-state index >= 15 is 0 Å². The second kappa shape index (κ2) is 9.16. The molecule has 0 aromatic rings. The summed E-state index contributed by atoms with van der Waals surface area (Å²) in [5.41, 5.74) is 0. The molecule has 8 nitrogen and oxygen atoms in total. The molecule has 0 saturated carbocycles. The highest BCUT2D eigenvalue weighted by Crippen LogP contribution is 1.91. The van der Waals surface area contributed by atoms with Crippen molar-refractivity contribution in [1.29, 1.82) is 0 Å². The van der Waals surface area contributed by atoms with Crippen LogP contribution in [0.25, 0.3) is 0 Å². The number of carboxylic acids is 2. The van der Waals surface area contributed by atoms with Gasteiger partial charge < -0.3 is 25.7 Å². The minimum absolute atomic E-state index is 0.0260. The molecule has 1 rings (SSSR count). The van der Waals surface area contributed by atoms with Crippen LogP contribution in [-0.2, 0) is 9.59 Å². The van der Waals surface area contributed by atoms with Gasteiger partial charge in [0, 0.05) is 51.7 Å². The highest BCUT2D eigenvalue weighted by atomic mass is 16.4. The fourth-order valence-electron chi connectivity index (χ4n) is 1.89. The third-order valence-corrected chi connectivity index (χ3v) is 2.85. The quantitative estimate of drug-likeness (QED) is 0.491. The van der Waals surface area contributed by atoms with Gasteiger partial charge in [-0.3, -0.25) is 14.5 Å². The number of carboxylic acid groups (broad SMARTS) is 2. The summed E-state index contributed by atoms with van der Waals surface area (Å²) in [4.78, 5) is 25.0. The molecule has 0 aromatic heterocycles. The summed E-state index contributed by atoms with van der Waals surface area (Å²) in [7, 11) is 0. The van der Waals surface area contributed by atoms with Crippen molar-refractivity contribution in [3.63, 3.8) is 0 Å². The predicted octanol–water partition coefficient (Wildman–Crippen LogP) is -1.58. The zero-order valence-electron chi connectivity index (χ0n) is 11.4. The Morgan fingerprint density at radius 1 is 1.00 bits per heavy atom. The van der Waals surface area contributed by atoms with Crippen LogP contribution in [-0.4, -0.2) is 84.3 Å². The number of hydrogen-bond acceptors (Lipinski definition) is 6. The van der Waals surface area contributed by atoms with E-state index in [1.54, 1.807) is 17.3 Å². The summed E-state index contributed by atoms with van der Waals surface area (Å²) < 4.78 is 0. The SMILES string of the molecule is O=C(O)CN1/C=C\NCCN(CC(=O)O)CCNCC1. The molecular formula is C12H22N4O4. The second-order valence-electron chi connectivity index (χ2n) is 4.55. The van der Waals surface area contributed by atoms with Crippen LogP contribution >= 0.6 is 0 Å². The Morgan fingerprint density at radius 2 is 1.65 bits per heavy atom. The normalized spacial score (nSPS) is 20.3. The van der Waals surface area contributed by atoms with Crippen LogP contribution < -0.4 is 10.6 Å². The molecule has 0 saturated heterocycles. The van der Waals surface area contributed by atoms with E-state index in [1.807, 2.05) is 4.90 Å². The number of hydrogen-bond donors (Lipinski definition) is 4. The molecule has 1 aliphatic heterocycles. The van der Waals surface area contributed by atoms with Gasteiger partial charge in [-0.05, 0) is 0 Å². The van der Waals surface area contributed by atoms with Gasteiger partial charge >= 0.3 is 11.9 Å². The first-order valence-corrected chi connectivity index (χ1v) is 6.58. The summed E-state index contributed by atoms with van der Waals surface area (Å²) in [6, 6.07) is 0. The first-order valence-electron chi connectivity index (χ1n) is 6.58. The topological polar surface area (TPSA) is 105 Å². The van der Waals surface area contributed by atoms with Crippen molar-refractivity contribution in [2.24, 2.45) is 0 Å². The van der Waals surface area contributed by atoms with Crippen LogP contribution in [0.3, 0.4) is 0 Å². The van der Waals surface area contributed by atoms with Gasteiger partial charge in [0.1, 0.15) is 6.54 Å². The molecule has 0 radical (unpaired) electrons. The minimum Gasteiger partial charge on any atom is -0.480 e. The van der Waals surface area contributed by atoms with Gasteiger partial charge in [0.25, 0.3) is 0 Å². The Kier molecular flexibility index (Phi) is 7.44. The summed E-state index contributed by atoms with van der Waals surface area (Å²) in [5.74, 6) is -1.70. The van der Waals surface area contributed by atoms with Gasteiger partial charge in [-0.1, -0.05) is 0 Å². The summed E-state index contributed by atoms with van der Waals surface area (Å²) in [6.45, 7) is 3.79. The third kappa shape index (κ3) is 7.59. The van der Waals surface area contributed by atoms with Crippen LogP contribution in [0.2, 0.25) is 0 Å². The van der Waals surface area contributed by atoms with Crippen LogP contribution in [0.4, 0.5) is 0 Å². The lowest BCUT2D eigenvalue weighted by Gasteiger charge is -2.23. The van der Waals surface area contributed by atoms with E-state index < -0.39 is 11.9 Å². The molecule has 1 heterocycles. The van der Waals surface area contributed by atoms with Gasteiger partial charge in [-0.25, -0.2) is 0 Å². The van der Waals surface area contributed by atoms with Gasteiger partial charge in [-0.15, -0.1) is 0 Å². The van der Waals surface area contributed by atoms with E-state index in [0.29, 0.717) is 39.3 Å². The van der Waals surface area contributed by atoms with Crippen molar-refractivity contribution in [3.8, 4) is 0 Å². The van der Waals surface area contributed by atoms with Crippen LogP contribution in [0.1, 0.15) is 0 Å². The Hall–Kier alpha value is -1.80. The molecule has 0 fully saturated rings. The predicted molar refractivity (Wildman–Crippen MR) is 73.3 cm³/mol. The Labute approximate surface area is 118 Å². The van der Waals surface area contributed by atoms with E-state index in [2.05, 4.69) is 10.6 Å². The molecule has 0 aromatic carbocycles. The van der Waals surface area contributed by atoms with Gasteiger partial charge in [-0.2, -0.15) is 0 Å². The van der Waals surface area contributed by atoms with Crippen LogP contribution in [0.5, 0.6) is 0 Å². The van der Waals surface area contributed by atoms with Crippen molar-refractivity contribution in [2.45, 2.75) is 0 Å². The van der Waals surface area contributed by atoms with Gasteiger partial charge in [0.15, 0.2) is 0 Å². The van der Waals surface area contributed by atoms with Crippen molar-refractivity contribution < 1.29 is 19.8 Å². The highest BCUT2D eigenvalue weighted by molar-refractivity contribution is 5.69. The van der Waals surface area contributed by atoms with Crippen molar-refractivity contribution in [2.75, 3.05) is 52.4 Å². The van der Waals surface area contributed by atoms with Crippen LogP contribution in [0.15, 0.2) is 12.4 Å². The first kappa shape index (κ1) is 16.3. The number of aliphatic carboxylic acids is 2. The third-order valence-electron chi connectivity index (χ3n) is 2.85. The monoisotopic (exact) mass is 286 g/mol. The van der Waals surface area contributed by atoms with Gasteiger partial charge in [0.2, 0.25) is 0 Å². The maximum atomic E-state index is 10.7. The lowest BCUT2D eigenvalue weighted by atomic mass is 10.4. The van der Waals surface area contributed by atoms with Gasteiger partial charge in [0.05, 0.1) is 6.54 Å². The molecule has 1 aliphatic rings. The average Bonchev–Trinajstić information content (AvgIpc) is 2.33. The highest BCUT2D eigenvalue weighted by Gasteiger charge is 2.10. The number of nitrogens with one attached hydrogen (secondary N) is 2. The fourth-order valence-corrected chi connectivity index (χ4v) is 1.89.